The fourth-order valence-electron chi connectivity index (χ4n) is 2.62. The second-order valence-corrected chi connectivity index (χ2v) is 5.42. The highest BCUT2D eigenvalue weighted by Crippen LogP contribution is 2.29. The first-order valence-electron chi connectivity index (χ1n) is 7.22. The summed E-state index contributed by atoms with van der Waals surface area (Å²) in [4.78, 5) is 12.5. The van der Waals surface area contributed by atoms with E-state index < -0.39 is 5.54 Å². The van der Waals surface area contributed by atoms with Crippen molar-refractivity contribution in [2.75, 3.05) is 6.61 Å². The Labute approximate surface area is 115 Å². The lowest BCUT2D eigenvalue weighted by Gasteiger charge is -2.31. The molecule has 1 saturated carbocycles. The van der Waals surface area contributed by atoms with Crippen LogP contribution in [0.25, 0.3) is 0 Å². The molecule has 0 saturated heterocycles. The van der Waals surface area contributed by atoms with Crippen molar-refractivity contribution in [3.63, 3.8) is 0 Å². The Morgan fingerprint density at radius 2 is 1.84 bits per heavy atom. The standard InChI is InChI=1S/C16H23NO2/c1-2-12-19-14-8-6-13(7-9-14)15(18)16(17)10-4-3-5-11-16/h6-9H,2-5,10-12,17H2,1H3. The van der Waals surface area contributed by atoms with Crippen LogP contribution in [0.1, 0.15) is 55.8 Å². The third-order valence-corrected chi connectivity index (χ3v) is 3.79. The van der Waals surface area contributed by atoms with Gasteiger partial charge in [-0.25, -0.2) is 0 Å². The molecule has 0 aromatic heterocycles. The van der Waals surface area contributed by atoms with Gasteiger partial charge in [0.25, 0.3) is 0 Å². The van der Waals surface area contributed by atoms with Gasteiger partial charge in [0.05, 0.1) is 12.1 Å². The van der Waals surface area contributed by atoms with Crippen LogP contribution in [0.4, 0.5) is 0 Å². The van der Waals surface area contributed by atoms with Crippen molar-refractivity contribution < 1.29 is 9.53 Å². The predicted molar refractivity (Wildman–Crippen MR) is 76.6 cm³/mol. The van der Waals surface area contributed by atoms with Gasteiger partial charge in [-0.1, -0.05) is 26.2 Å². The molecule has 1 fully saturated rings. The molecule has 0 radical (unpaired) electrons. The highest BCUT2D eigenvalue weighted by molar-refractivity contribution is 6.03. The van der Waals surface area contributed by atoms with E-state index >= 15 is 0 Å². The van der Waals surface area contributed by atoms with E-state index in [-0.39, 0.29) is 5.78 Å². The molecule has 2 rings (SSSR count). The van der Waals surface area contributed by atoms with Gasteiger partial charge < -0.3 is 10.5 Å². The second-order valence-electron chi connectivity index (χ2n) is 5.42. The summed E-state index contributed by atoms with van der Waals surface area (Å²) < 4.78 is 5.52. The molecular weight excluding hydrogens is 238 g/mol. The fourth-order valence-corrected chi connectivity index (χ4v) is 2.62. The maximum absolute atomic E-state index is 12.5. The highest BCUT2D eigenvalue weighted by atomic mass is 16.5. The van der Waals surface area contributed by atoms with E-state index in [1.807, 2.05) is 24.3 Å². The van der Waals surface area contributed by atoms with Crippen LogP contribution >= 0.6 is 0 Å². The molecular formula is C16H23NO2. The van der Waals surface area contributed by atoms with Crippen molar-refractivity contribution in [3.8, 4) is 5.75 Å². The van der Waals surface area contributed by atoms with Gasteiger partial charge in [-0.3, -0.25) is 4.79 Å². The SMILES string of the molecule is CCCOc1ccc(C(=O)C2(N)CCCCC2)cc1. The number of ketones is 1. The topological polar surface area (TPSA) is 52.3 Å². The largest absolute Gasteiger partial charge is 0.494 e. The summed E-state index contributed by atoms with van der Waals surface area (Å²) in [5.74, 6) is 0.891. The maximum Gasteiger partial charge on any atom is 0.182 e. The highest BCUT2D eigenvalue weighted by Gasteiger charge is 2.35. The average Bonchev–Trinajstić information content (AvgIpc) is 2.46. The lowest BCUT2D eigenvalue weighted by Crippen LogP contribution is -2.49. The minimum absolute atomic E-state index is 0.0780. The first-order valence-corrected chi connectivity index (χ1v) is 7.22. The van der Waals surface area contributed by atoms with Gasteiger partial charge in [0, 0.05) is 5.56 Å². The second kappa shape index (κ2) is 6.20. The Bertz CT molecular complexity index is 419. The van der Waals surface area contributed by atoms with Crippen molar-refractivity contribution in [2.45, 2.75) is 51.0 Å². The summed E-state index contributed by atoms with van der Waals surface area (Å²) in [7, 11) is 0. The fraction of sp³-hybridized carbons (Fsp3) is 0.562. The molecule has 0 heterocycles. The Morgan fingerprint density at radius 1 is 1.21 bits per heavy atom. The van der Waals surface area contributed by atoms with Crippen LogP contribution < -0.4 is 10.5 Å². The van der Waals surface area contributed by atoms with E-state index in [2.05, 4.69) is 6.92 Å². The van der Waals surface area contributed by atoms with Crippen molar-refractivity contribution in [1.82, 2.24) is 0 Å². The summed E-state index contributed by atoms with van der Waals surface area (Å²) in [6.07, 6.45) is 5.89. The van der Waals surface area contributed by atoms with Crippen LogP contribution in [-0.4, -0.2) is 17.9 Å². The van der Waals surface area contributed by atoms with E-state index in [0.29, 0.717) is 12.2 Å². The molecule has 1 aliphatic rings. The van der Waals surface area contributed by atoms with E-state index in [1.54, 1.807) is 0 Å². The molecule has 1 aromatic carbocycles. The normalized spacial score (nSPS) is 18.0. The lowest BCUT2D eigenvalue weighted by atomic mass is 9.77. The number of hydrogen-bond acceptors (Lipinski definition) is 3. The van der Waals surface area contributed by atoms with E-state index in [0.717, 1.165) is 37.9 Å². The Hall–Kier alpha value is -1.35. The number of ether oxygens (including phenoxy) is 1. The Kier molecular flexibility index (Phi) is 4.59. The van der Waals surface area contributed by atoms with Gasteiger partial charge in [-0.05, 0) is 43.5 Å². The zero-order chi connectivity index (χ0) is 13.7. The van der Waals surface area contributed by atoms with E-state index in [9.17, 15) is 4.79 Å². The van der Waals surface area contributed by atoms with Gasteiger partial charge in [-0.15, -0.1) is 0 Å². The van der Waals surface area contributed by atoms with Crippen molar-refractivity contribution in [1.29, 1.82) is 0 Å². The molecule has 0 amide bonds. The molecule has 19 heavy (non-hydrogen) atoms. The Balaban J connectivity index is 2.06. The van der Waals surface area contributed by atoms with Crippen LogP contribution in [0.15, 0.2) is 24.3 Å². The molecule has 1 aromatic rings. The first kappa shape index (κ1) is 14.1. The number of hydrogen-bond donors (Lipinski definition) is 1. The third kappa shape index (κ3) is 3.35. The maximum atomic E-state index is 12.5. The summed E-state index contributed by atoms with van der Waals surface area (Å²) in [6.45, 7) is 2.77. The molecule has 2 N–H and O–H groups in total. The molecule has 0 spiro atoms. The minimum Gasteiger partial charge on any atom is -0.494 e. The monoisotopic (exact) mass is 261 g/mol. The molecule has 1 aliphatic carbocycles. The zero-order valence-corrected chi connectivity index (χ0v) is 11.7. The van der Waals surface area contributed by atoms with Crippen LogP contribution in [0.2, 0.25) is 0 Å². The van der Waals surface area contributed by atoms with Gasteiger partial charge in [0.2, 0.25) is 0 Å². The van der Waals surface area contributed by atoms with Crippen LogP contribution in [-0.2, 0) is 0 Å². The van der Waals surface area contributed by atoms with Crippen molar-refractivity contribution in [3.05, 3.63) is 29.8 Å². The Morgan fingerprint density at radius 3 is 2.42 bits per heavy atom. The van der Waals surface area contributed by atoms with E-state index in [4.69, 9.17) is 10.5 Å². The number of nitrogens with two attached hydrogens (primary N) is 1. The molecule has 3 heteroatoms. The molecule has 0 aliphatic heterocycles. The predicted octanol–water partition coefficient (Wildman–Crippen LogP) is 3.32. The van der Waals surface area contributed by atoms with Crippen LogP contribution in [0, 0.1) is 0 Å². The molecule has 3 nitrogen and oxygen atoms in total. The van der Waals surface area contributed by atoms with Gasteiger partial charge in [0.15, 0.2) is 5.78 Å². The smallest absolute Gasteiger partial charge is 0.182 e. The molecule has 104 valence electrons. The number of rotatable bonds is 5. The quantitative estimate of drug-likeness (QED) is 0.827. The van der Waals surface area contributed by atoms with Gasteiger partial charge >= 0.3 is 0 Å². The number of carbonyl (C=O) groups excluding carboxylic acids is 1. The van der Waals surface area contributed by atoms with Crippen molar-refractivity contribution in [2.24, 2.45) is 5.73 Å². The zero-order valence-electron chi connectivity index (χ0n) is 11.7. The number of carbonyl (C=O) groups is 1. The van der Waals surface area contributed by atoms with Crippen LogP contribution in [0.5, 0.6) is 5.75 Å². The summed E-state index contributed by atoms with van der Waals surface area (Å²) in [5, 5.41) is 0. The van der Waals surface area contributed by atoms with Crippen molar-refractivity contribution >= 4 is 5.78 Å². The summed E-state index contributed by atoms with van der Waals surface area (Å²) in [5.41, 5.74) is 6.33. The van der Waals surface area contributed by atoms with Crippen LogP contribution in [0.3, 0.4) is 0 Å². The first-order chi connectivity index (χ1) is 9.15. The average molecular weight is 261 g/mol. The molecule has 0 atom stereocenters. The molecule has 0 unspecified atom stereocenters. The summed E-state index contributed by atoms with van der Waals surface area (Å²) >= 11 is 0. The lowest BCUT2D eigenvalue weighted by molar-refractivity contribution is 0.0848. The minimum atomic E-state index is -0.649. The third-order valence-electron chi connectivity index (χ3n) is 3.79. The van der Waals surface area contributed by atoms with E-state index in [1.165, 1.54) is 6.42 Å². The summed E-state index contributed by atoms with van der Waals surface area (Å²) in [6, 6.07) is 7.37. The van der Waals surface area contributed by atoms with Gasteiger partial charge in [0.1, 0.15) is 5.75 Å². The number of Topliss-reactive ketones (excluding diaryl/α,β-unsaturated/α-hetero) is 1. The molecule has 0 bridgehead atoms. The van der Waals surface area contributed by atoms with Gasteiger partial charge in [-0.2, -0.15) is 0 Å². The number of benzene rings is 1.